The molecule has 1 aromatic carbocycles. The summed E-state index contributed by atoms with van der Waals surface area (Å²) < 4.78 is 39.8. The summed E-state index contributed by atoms with van der Waals surface area (Å²) in [4.78, 5) is 4.31. The van der Waals surface area contributed by atoms with Crippen molar-refractivity contribution in [2.75, 3.05) is 5.32 Å². The molecule has 0 aromatic heterocycles. The fourth-order valence-electron chi connectivity index (χ4n) is 1.94. The Kier molecular flexibility index (Phi) is 6.11. The van der Waals surface area contributed by atoms with Crippen LogP contribution in [0.5, 0.6) is 5.75 Å². The molecule has 2 unspecified atom stereocenters. The van der Waals surface area contributed by atoms with Crippen molar-refractivity contribution < 1.29 is 17.9 Å². The molecule has 0 amide bonds. The van der Waals surface area contributed by atoms with Crippen molar-refractivity contribution in [3.05, 3.63) is 24.3 Å². The first-order valence-electron chi connectivity index (χ1n) is 6.29. The van der Waals surface area contributed by atoms with Crippen molar-refractivity contribution in [3.63, 3.8) is 0 Å². The van der Waals surface area contributed by atoms with E-state index < -0.39 is 6.36 Å². The van der Waals surface area contributed by atoms with Crippen molar-refractivity contribution in [3.8, 4) is 5.75 Å². The number of benzene rings is 1. The minimum Gasteiger partial charge on any atom is -0.406 e. The Hall–Kier alpha value is -1.19. The van der Waals surface area contributed by atoms with Gasteiger partial charge in [0, 0.05) is 5.69 Å². The monoisotopic (exact) mass is 415 g/mol. The van der Waals surface area contributed by atoms with E-state index in [-0.39, 0.29) is 41.7 Å². The maximum Gasteiger partial charge on any atom is 0.573 e. The zero-order valence-electron chi connectivity index (χ0n) is 11.4. The number of anilines is 1. The Morgan fingerprint density at radius 2 is 1.90 bits per heavy atom. The highest BCUT2D eigenvalue weighted by Gasteiger charge is 2.31. The van der Waals surface area contributed by atoms with Crippen molar-refractivity contribution in [1.29, 1.82) is 0 Å². The zero-order chi connectivity index (χ0) is 14.8. The maximum absolute atomic E-state index is 12.0. The lowest BCUT2D eigenvalue weighted by Crippen LogP contribution is -2.32. The van der Waals surface area contributed by atoms with Gasteiger partial charge >= 0.3 is 6.36 Å². The molecular formula is C13H17F3IN3O. The standard InChI is InChI=1S/C13H16F3N3O.HI/c1-8-2-7-11(8)19-12(17)18-9-3-5-10(6-4-9)20-13(14,15)16;/h3-6,8,11H,2,7H2,1H3,(H3,17,18,19);1H. The Morgan fingerprint density at radius 1 is 1.29 bits per heavy atom. The van der Waals surface area contributed by atoms with E-state index in [0.29, 0.717) is 11.6 Å². The molecule has 0 heterocycles. The minimum absolute atomic E-state index is 0. The van der Waals surface area contributed by atoms with Gasteiger partial charge in [0.05, 0.1) is 6.04 Å². The predicted octanol–water partition coefficient (Wildman–Crippen LogP) is 3.73. The molecular weight excluding hydrogens is 398 g/mol. The van der Waals surface area contributed by atoms with Gasteiger partial charge in [-0.2, -0.15) is 0 Å². The Morgan fingerprint density at radius 3 is 2.33 bits per heavy atom. The molecule has 1 fully saturated rings. The van der Waals surface area contributed by atoms with Gasteiger partial charge in [0.2, 0.25) is 0 Å². The van der Waals surface area contributed by atoms with Gasteiger partial charge in [0.15, 0.2) is 5.96 Å². The van der Waals surface area contributed by atoms with Crippen LogP contribution in [-0.4, -0.2) is 18.4 Å². The number of nitrogens with zero attached hydrogens (tertiary/aromatic N) is 1. The van der Waals surface area contributed by atoms with Crippen molar-refractivity contribution in [2.24, 2.45) is 16.6 Å². The third-order valence-corrected chi connectivity index (χ3v) is 3.24. The highest BCUT2D eigenvalue weighted by Crippen LogP contribution is 2.29. The van der Waals surface area contributed by atoms with E-state index in [4.69, 9.17) is 5.73 Å². The summed E-state index contributed by atoms with van der Waals surface area (Å²) in [7, 11) is 0. The molecule has 0 bridgehead atoms. The average molecular weight is 415 g/mol. The third kappa shape index (κ3) is 5.60. The lowest BCUT2D eigenvalue weighted by molar-refractivity contribution is -0.274. The topological polar surface area (TPSA) is 59.6 Å². The number of nitrogens with two attached hydrogens (primary N) is 1. The number of halogens is 4. The normalized spacial score (nSPS) is 22.0. The smallest absolute Gasteiger partial charge is 0.406 e. The molecule has 3 N–H and O–H groups in total. The third-order valence-electron chi connectivity index (χ3n) is 3.24. The lowest BCUT2D eigenvalue weighted by atomic mass is 9.82. The van der Waals surface area contributed by atoms with Gasteiger partial charge in [0.25, 0.3) is 0 Å². The fraction of sp³-hybridized carbons (Fsp3) is 0.462. The first-order valence-corrected chi connectivity index (χ1v) is 6.29. The Labute approximate surface area is 138 Å². The number of aliphatic imine (C=N–C) groups is 1. The van der Waals surface area contributed by atoms with E-state index in [2.05, 4.69) is 22.0 Å². The zero-order valence-corrected chi connectivity index (χ0v) is 13.7. The highest BCUT2D eigenvalue weighted by atomic mass is 127. The number of nitrogens with one attached hydrogen (secondary N) is 1. The van der Waals surface area contributed by atoms with Gasteiger partial charge in [-0.15, -0.1) is 37.1 Å². The second-order valence-corrected chi connectivity index (χ2v) is 4.83. The number of hydrogen-bond acceptors (Lipinski definition) is 2. The molecule has 118 valence electrons. The molecule has 8 heteroatoms. The number of guanidine groups is 1. The number of ether oxygens (including phenoxy) is 1. The van der Waals surface area contributed by atoms with E-state index in [9.17, 15) is 13.2 Å². The summed E-state index contributed by atoms with van der Waals surface area (Å²) in [6.07, 6.45) is -2.53. The molecule has 0 saturated heterocycles. The highest BCUT2D eigenvalue weighted by molar-refractivity contribution is 14.0. The quantitative estimate of drug-likeness (QED) is 0.450. The van der Waals surface area contributed by atoms with Gasteiger partial charge in [-0.25, -0.2) is 4.99 Å². The summed E-state index contributed by atoms with van der Waals surface area (Å²) in [6, 6.07) is 5.57. The largest absolute Gasteiger partial charge is 0.573 e. The molecule has 0 aliphatic heterocycles. The van der Waals surface area contributed by atoms with Crippen LogP contribution in [0, 0.1) is 5.92 Å². The Balaban J connectivity index is 0.00000220. The SMILES string of the molecule is CC1CCC1N=C(N)Nc1ccc(OC(F)(F)F)cc1.I. The van der Waals surface area contributed by atoms with Gasteiger partial charge in [0.1, 0.15) is 5.75 Å². The van der Waals surface area contributed by atoms with Crippen molar-refractivity contribution in [1.82, 2.24) is 0 Å². The Bertz CT molecular complexity index is 490. The van der Waals surface area contributed by atoms with Crippen LogP contribution < -0.4 is 15.8 Å². The van der Waals surface area contributed by atoms with Crippen LogP contribution >= 0.6 is 24.0 Å². The van der Waals surface area contributed by atoms with Crippen LogP contribution in [0.15, 0.2) is 29.3 Å². The number of alkyl halides is 3. The summed E-state index contributed by atoms with van der Waals surface area (Å²) in [5.74, 6) is 0.523. The predicted molar refractivity (Wildman–Crippen MR) is 86.0 cm³/mol. The van der Waals surface area contributed by atoms with Crippen LogP contribution in [0.2, 0.25) is 0 Å². The number of hydrogen-bond donors (Lipinski definition) is 2. The summed E-state index contributed by atoms with van der Waals surface area (Å²) in [6.45, 7) is 2.11. The number of rotatable bonds is 3. The van der Waals surface area contributed by atoms with Crippen LogP contribution in [0.25, 0.3) is 0 Å². The van der Waals surface area contributed by atoms with E-state index in [1.165, 1.54) is 24.3 Å². The molecule has 4 nitrogen and oxygen atoms in total. The summed E-state index contributed by atoms with van der Waals surface area (Å²) in [5, 5.41) is 2.84. The summed E-state index contributed by atoms with van der Waals surface area (Å²) in [5.41, 5.74) is 6.31. The second-order valence-electron chi connectivity index (χ2n) is 4.83. The second kappa shape index (κ2) is 7.19. The first kappa shape index (κ1) is 17.9. The molecule has 1 aromatic rings. The maximum atomic E-state index is 12.0. The molecule has 2 rings (SSSR count). The molecule has 1 aliphatic carbocycles. The molecule has 21 heavy (non-hydrogen) atoms. The summed E-state index contributed by atoms with van der Waals surface area (Å²) >= 11 is 0. The van der Waals surface area contributed by atoms with Crippen molar-refractivity contribution >= 4 is 35.6 Å². The van der Waals surface area contributed by atoms with Gasteiger partial charge in [-0.05, 0) is 43.0 Å². The van der Waals surface area contributed by atoms with Gasteiger partial charge < -0.3 is 15.8 Å². The molecule has 0 spiro atoms. The van der Waals surface area contributed by atoms with E-state index in [1.807, 2.05) is 0 Å². The van der Waals surface area contributed by atoms with Gasteiger partial charge in [-0.1, -0.05) is 6.92 Å². The molecule has 0 radical (unpaired) electrons. The van der Waals surface area contributed by atoms with E-state index in [1.54, 1.807) is 0 Å². The first-order chi connectivity index (χ1) is 9.33. The van der Waals surface area contributed by atoms with E-state index in [0.717, 1.165) is 12.8 Å². The van der Waals surface area contributed by atoms with Crippen LogP contribution in [0.3, 0.4) is 0 Å². The van der Waals surface area contributed by atoms with Crippen LogP contribution in [0.1, 0.15) is 19.8 Å². The average Bonchev–Trinajstić information content (AvgIpc) is 2.35. The van der Waals surface area contributed by atoms with Gasteiger partial charge in [-0.3, -0.25) is 0 Å². The minimum atomic E-state index is -4.68. The van der Waals surface area contributed by atoms with Crippen molar-refractivity contribution in [2.45, 2.75) is 32.2 Å². The van der Waals surface area contributed by atoms with Crippen LogP contribution in [0.4, 0.5) is 18.9 Å². The molecule has 1 saturated carbocycles. The lowest BCUT2D eigenvalue weighted by Gasteiger charge is -2.30. The fourth-order valence-corrected chi connectivity index (χ4v) is 1.94. The van der Waals surface area contributed by atoms with E-state index >= 15 is 0 Å². The molecule has 1 aliphatic rings. The van der Waals surface area contributed by atoms with Crippen LogP contribution in [-0.2, 0) is 0 Å². The molecule has 2 atom stereocenters.